The van der Waals surface area contributed by atoms with E-state index in [0.717, 1.165) is 23.6 Å². The van der Waals surface area contributed by atoms with E-state index in [9.17, 15) is 13.2 Å². The van der Waals surface area contributed by atoms with E-state index >= 15 is 0 Å². The number of alkyl halides is 3. The summed E-state index contributed by atoms with van der Waals surface area (Å²) in [6, 6.07) is 8.44. The number of hydrogen-bond donors (Lipinski definition) is 3. The molecular weight excluding hydrogens is 488 g/mol. The number of nitrogens with one attached hydrogen (secondary N) is 3. The number of halogens is 4. The molecule has 7 nitrogen and oxygen atoms in total. The normalized spacial score (nSPS) is 11.4. The van der Waals surface area contributed by atoms with Crippen molar-refractivity contribution in [1.82, 2.24) is 20.6 Å². The van der Waals surface area contributed by atoms with Crippen molar-refractivity contribution in [3.8, 4) is 5.75 Å². The minimum absolute atomic E-state index is 0. The zero-order valence-corrected chi connectivity index (χ0v) is 17.7. The van der Waals surface area contributed by atoms with Crippen LogP contribution in [0.4, 0.5) is 19.1 Å². The van der Waals surface area contributed by atoms with E-state index in [-0.39, 0.29) is 29.9 Å². The fourth-order valence-corrected chi connectivity index (χ4v) is 2.15. The molecule has 0 spiro atoms. The van der Waals surface area contributed by atoms with Crippen LogP contribution in [0.15, 0.2) is 41.5 Å². The van der Waals surface area contributed by atoms with Crippen molar-refractivity contribution in [2.45, 2.75) is 12.7 Å². The summed E-state index contributed by atoms with van der Waals surface area (Å²) in [5.74, 6) is 1.25. The van der Waals surface area contributed by atoms with Gasteiger partial charge in [0.25, 0.3) is 0 Å². The summed E-state index contributed by atoms with van der Waals surface area (Å²) >= 11 is 0. The first-order valence-electron chi connectivity index (χ1n) is 8.14. The van der Waals surface area contributed by atoms with Crippen LogP contribution in [0.1, 0.15) is 11.3 Å². The Labute approximate surface area is 178 Å². The van der Waals surface area contributed by atoms with Crippen LogP contribution in [0.3, 0.4) is 0 Å². The lowest BCUT2D eigenvalue weighted by Crippen LogP contribution is -2.39. The molecule has 2 aromatic rings. The Kier molecular flexibility index (Phi) is 9.76. The third-order valence-corrected chi connectivity index (χ3v) is 3.46. The van der Waals surface area contributed by atoms with E-state index < -0.39 is 11.9 Å². The highest BCUT2D eigenvalue weighted by Gasteiger charge is 2.32. The van der Waals surface area contributed by atoms with E-state index in [1.807, 2.05) is 24.3 Å². The number of rotatable bonds is 7. The number of methoxy groups -OCH3 is 1. The number of aromatic nitrogens is 2. The van der Waals surface area contributed by atoms with Gasteiger partial charge in [-0.05, 0) is 23.8 Å². The van der Waals surface area contributed by atoms with Gasteiger partial charge in [0.1, 0.15) is 11.4 Å². The number of guanidine groups is 1. The first-order valence-corrected chi connectivity index (χ1v) is 8.14. The van der Waals surface area contributed by atoms with Crippen LogP contribution in [0.2, 0.25) is 0 Å². The lowest BCUT2D eigenvalue weighted by atomic mass is 10.2. The molecule has 0 amide bonds. The number of nitrogens with zero attached hydrogens (tertiary/aromatic N) is 3. The Morgan fingerprint density at radius 2 is 1.96 bits per heavy atom. The number of aliphatic imine (C=N–C) groups is 1. The second-order valence-corrected chi connectivity index (χ2v) is 5.39. The SMILES string of the molecule is CN=C(NCCNc1nccc(C(F)(F)F)n1)NCc1cccc(OC)c1.I. The van der Waals surface area contributed by atoms with Gasteiger partial charge >= 0.3 is 6.18 Å². The zero-order valence-electron chi connectivity index (χ0n) is 15.4. The largest absolute Gasteiger partial charge is 0.497 e. The number of anilines is 1. The highest BCUT2D eigenvalue weighted by atomic mass is 127. The van der Waals surface area contributed by atoms with Crippen molar-refractivity contribution >= 4 is 35.9 Å². The molecule has 0 saturated heterocycles. The maximum absolute atomic E-state index is 12.6. The molecule has 28 heavy (non-hydrogen) atoms. The second-order valence-electron chi connectivity index (χ2n) is 5.39. The van der Waals surface area contributed by atoms with E-state index in [1.165, 1.54) is 0 Å². The summed E-state index contributed by atoms with van der Waals surface area (Å²) in [4.78, 5) is 11.3. The molecule has 0 bridgehead atoms. The van der Waals surface area contributed by atoms with Gasteiger partial charge in [-0.2, -0.15) is 13.2 Å². The van der Waals surface area contributed by atoms with E-state index in [4.69, 9.17) is 4.74 Å². The number of ether oxygens (including phenoxy) is 1. The molecule has 0 saturated carbocycles. The standard InChI is InChI=1S/C17H21F3N6O.HI/c1-21-15(25-11-12-4-3-5-13(10-12)27-2)23-8-9-24-16-22-7-6-14(26-16)17(18,19)20;/h3-7,10H,8-9,11H2,1-2H3,(H2,21,23,25)(H,22,24,26);1H. The number of benzene rings is 1. The van der Waals surface area contributed by atoms with Gasteiger partial charge in [-0.1, -0.05) is 12.1 Å². The van der Waals surface area contributed by atoms with E-state index in [0.29, 0.717) is 25.6 Å². The van der Waals surface area contributed by atoms with Gasteiger partial charge in [0, 0.05) is 32.9 Å². The fraction of sp³-hybridized carbons (Fsp3) is 0.353. The monoisotopic (exact) mass is 510 g/mol. The third kappa shape index (κ3) is 7.74. The quantitative estimate of drug-likeness (QED) is 0.230. The molecule has 0 radical (unpaired) electrons. The van der Waals surface area contributed by atoms with Crippen molar-refractivity contribution in [3.05, 3.63) is 47.8 Å². The molecule has 0 unspecified atom stereocenters. The van der Waals surface area contributed by atoms with Gasteiger partial charge in [-0.15, -0.1) is 24.0 Å². The number of hydrogen-bond acceptors (Lipinski definition) is 5. The molecule has 3 N–H and O–H groups in total. The Morgan fingerprint density at radius 3 is 2.64 bits per heavy atom. The Hall–Kier alpha value is -2.31. The molecule has 0 aliphatic carbocycles. The van der Waals surface area contributed by atoms with Crippen LogP contribution < -0.4 is 20.7 Å². The Morgan fingerprint density at radius 1 is 1.18 bits per heavy atom. The Balaban J connectivity index is 0.00000392. The molecule has 1 aromatic carbocycles. The molecule has 1 aromatic heterocycles. The maximum Gasteiger partial charge on any atom is 0.433 e. The zero-order chi connectivity index (χ0) is 19.7. The van der Waals surface area contributed by atoms with Crippen LogP contribution in [0.5, 0.6) is 5.75 Å². The molecule has 0 atom stereocenters. The maximum atomic E-state index is 12.6. The first kappa shape index (κ1) is 23.7. The van der Waals surface area contributed by atoms with E-state index in [1.54, 1.807) is 14.2 Å². The van der Waals surface area contributed by atoms with Gasteiger partial charge in [0.2, 0.25) is 5.95 Å². The van der Waals surface area contributed by atoms with Crippen molar-refractivity contribution in [2.24, 2.45) is 4.99 Å². The highest BCUT2D eigenvalue weighted by Crippen LogP contribution is 2.27. The molecule has 11 heteroatoms. The minimum Gasteiger partial charge on any atom is -0.497 e. The lowest BCUT2D eigenvalue weighted by molar-refractivity contribution is -0.141. The Bertz CT molecular complexity index is 773. The molecule has 0 aliphatic heterocycles. The smallest absolute Gasteiger partial charge is 0.433 e. The summed E-state index contributed by atoms with van der Waals surface area (Å²) in [6.07, 6.45) is -3.43. The third-order valence-electron chi connectivity index (χ3n) is 3.46. The summed E-state index contributed by atoms with van der Waals surface area (Å²) in [6.45, 7) is 1.28. The highest BCUT2D eigenvalue weighted by molar-refractivity contribution is 14.0. The van der Waals surface area contributed by atoms with Crippen LogP contribution in [0, 0.1) is 0 Å². The predicted octanol–water partition coefficient (Wildman–Crippen LogP) is 2.90. The van der Waals surface area contributed by atoms with Gasteiger partial charge in [-0.3, -0.25) is 4.99 Å². The van der Waals surface area contributed by atoms with Crippen LogP contribution in [-0.2, 0) is 12.7 Å². The van der Waals surface area contributed by atoms with Gasteiger partial charge < -0.3 is 20.7 Å². The van der Waals surface area contributed by atoms with Gasteiger partial charge in [0.05, 0.1) is 7.11 Å². The first-order chi connectivity index (χ1) is 12.9. The molecule has 2 rings (SSSR count). The van der Waals surface area contributed by atoms with Crippen LogP contribution in [0.25, 0.3) is 0 Å². The molecule has 0 aliphatic rings. The average Bonchev–Trinajstić information content (AvgIpc) is 2.67. The summed E-state index contributed by atoms with van der Waals surface area (Å²) in [5.41, 5.74) is 0.0384. The fourth-order valence-electron chi connectivity index (χ4n) is 2.15. The minimum atomic E-state index is -4.50. The summed E-state index contributed by atoms with van der Waals surface area (Å²) in [5, 5.41) is 8.93. The lowest BCUT2D eigenvalue weighted by Gasteiger charge is -2.13. The summed E-state index contributed by atoms with van der Waals surface area (Å²) < 4.78 is 43.0. The van der Waals surface area contributed by atoms with Crippen molar-refractivity contribution in [1.29, 1.82) is 0 Å². The second kappa shape index (κ2) is 11.5. The van der Waals surface area contributed by atoms with Gasteiger partial charge in [0.15, 0.2) is 5.96 Å². The molecular formula is C17H22F3IN6O. The van der Waals surface area contributed by atoms with Crippen LogP contribution in [-0.4, -0.2) is 43.2 Å². The van der Waals surface area contributed by atoms with Crippen molar-refractivity contribution in [2.75, 3.05) is 32.6 Å². The average molecular weight is 510 g/mol. The van der Waals surface area contributed by atoms with Crippen LogP contribution >= 0.6 is 24.0 Å². The molecule has 0 fully saturated rings. The van der Waals surface area contributed by atoms with Crippen molar-refractivity contribution < 1.29 is 17.9 Å². The topological polar surface area (TPSA) is 83.5 Å². The van der Waals surface area contributed by atoms with E-state index in [2.05, 4.69) is 30.9 Å². The van der Waals surface area contributed by atoms with Crippen molar-refractivity contribution in [3.63, 3.8) is 0 Å². The summed E-state index contributed by atoms with van der Waals surface area (Å²) in [7, 11) is 3.23. The van der Waals surface area contributed by atoms with Gasteiger partial charge in [-0.25, -0.2) is 9.97 Å². The predicted molar refractivity (Wildman–Crippen MR) is 112 cm³/mol. The molecule has 1 heterocycles. The molecule has 154 valence electrons.